The third kappa shape index (κ3) is 26.7. The normalized spacial score (nSPS) is 18.7. The van der Waals surface area contributed by atoms with Gasteiger partial charge in [-0.25, -0.2) is 9.97 Å². The van der Waals surface area contributed by atoms with Crippen molar-refractivity contribution in [3.8, 4) is 46.0 Å². The lowest BCUT2D eigenvalue weighted by molar-refractivity contribution is 0.254. The van der Waals surface area contributed by atoms with Gasteiger partial charge in [0.1, 0.15) is 23.1 Å². The average molecular weight is 2060 g/mol. The first-order valence-electron chi connectivity index (χ1n) is 58.8. The molecular weight excluding hydrogens is 1880 g/mol. The highest BCUT2D eigenvalue weighted by molar-refractivity contribution is 6.37. The van der Waals surface area contributed by atoms with Crippen LogP contribution in [0.3, 0.4) is 0 Å². The summed E-state index contributed by atoms with van der Waals surface area (Å²) in [6, 6.07) is 18.1. The van der Waals surface area contributed by atoms with E-state index in [4.69, 9.17) is 74.4 Å². The Morgan fingerprint density at radius 3 is 1.03 bits per heavy atom. The number of methoxy groups -OCH3 is 3. The Morgan fingerprint density at radius 1 is 0.336 bits per heavy atom. The van der Waals surface area contributed by atoms with Crippen molar-refractivity contribution in [2.45, 2.75) is 348 Å². The van der Waals surface area contributed by atoms with Gasteiger partial charge in [-0.1, -0.05) is 24.4 Å². The Bertz CT molecular complexity index is 6200. The first-order valence-corrected chi connectivity index (χ1v) is 59.1. The van der Waals surface area contributed by atoms with Gasteiger partial charge >= 0.3 is 0 Å². The minimum Gasteiger partial charge on any atom is -0.493 e. The Hall–Kier alpha value is -9.56. The third-order valence-electron chi connectivity index (χ3n) is 33.3. The predicted molar refractivity (Wildman–Crippen MR) is 616 cm³/mol. The summed E-state index contributed by atoms with van der Waals surface area (Å²) in [6.07, 6.45) is 45.2. The number of halogens is 1. The SMILES string of the molecule is COc1cc2c3c(c(C4CC4)nc2cc1OCCCN1CCCC1)CCC(C)(C)N3.COc1cc2c3c(c(C4CC4)nc2cc1OCCCN1CCCC1)CCCCN3.COc1cc2c3c(c(C4CCCC4)nc2cc1OCCCN1CCCC1)CCCCN3.Cc1c(OCCCN2CCCC2)cc2nc(NC(C)C)c3c(c2c1Cl)CCC3.Cc1c(OCCCN2CCCC2)cc2nc(NC(C)C)c3c(c2c1NC(C)C)CCC3. The maximum Gasteiger partial charge on any atom is 0.163 e. The Labute approximate surface area is 894 Å². The zero-order chi connectivity index (χ0) is 103. The second-order valence-electron chi connectivity index (χ2n) is 46.6. The summed E-state index contributed by atoms with van der Waals surface area (Å²) in [4.78, 5) is 38.3. The molecule has 13 heterocycles. The Morgan fingerprint density at radius 2 is 0.658 bits per heavy atom. The number of rotatable bonds is 37. The van der Waals surface area contributed by atoms with E-state index in [0.29, 0.717) is 42.5 Å². The molecule has 5 saturated heterocycles. The number of fused-ring (bicyclic) bond motifs is 15. The smallest absolute Gasteiger partial charge is 0.163 e. The van der Waals surface area contributed by atoms with E-state index in [-0.39, 0.29) is 5.54 Å². The fraction of sp³-hybridized carbons (Fsp3) is 0.637. The lowest BCUT2D eigenvalue weighted by Crippen LogP contribution is -2.35. The Balaban J connectivity index is 0.000000117. The molecule has 24 nitrogen and oxygen atoms in total. The van der Waals surface area contributed by atoms with E-state index in [1.807, 2.05) is 0 Å². The molecular formula is C124H177ClN16O8. The van der Waals surface area contributed by atoms with E-state index in [2.05, 4.69) is 174 Å². The molecule has 23 rings (SSSR count). The molecule has 0 bridgehead atoms. The molecule has 5 aromatic heterocycles. The molecule has 8 aliphatic heterocycles. The first-order chi connectivity index (χ1) is 72.7. The minimum absolute atomic E-state index is 0.0973. The van der Waals surface area contributed by atoms with Gasteiger partial charge in [-0.3, -0.25) is 15.0 Å². The van der Waals surface area contributed by atoms with E-state index < -0.39 is 0 Å². The van der Waals surface area contributed by atoms with E-state index in [1.165, 1.54) is 320 Å². The average Bonchev–Trinajstić information content (AvgIpc) is 1.30. The van der Waals surface area contributed by atoms with Crippen LogP contribution in [0.15, 0.2) is 48.5 Å². The van der Waals surface area contributed by atoms with Crippen LogP contribution in [0, 0.1) is 13.8 Å². The maximum absolute atomic E-state index is 6.84. The molecule has 6 N–H and O–H groups in total. The fourth-order valence-corrected chi connectivity index (χ4v) is 25.6. The summed E-state index contributed by atoms with van der Waals surface area (Å²) < 4.78 is 48.2. The number of nitrogens with one attached hydrogen (secondary N) is 6. The van der Waals surface area contributed by atoms with Crippen LogP contribution >= 0.6 is 11.6 Å². The van der Waals surface area contributed by atoms with Gasteiger partial charge in [0.15, 0.2) is 34.5 Å². The number of nitrogens with zero attached hydrogens (tertiary/aromatic N) is 10. The van der Waals surface area contributed by atoms with Gasteiger partial charge in [0.25, 0.3) is 0 Å². The van der Waals surface area contributed by atoms with Crippen molar-refractivity contribution in [3.05, 3.63) is 121 Å². The van der Waals surface area contributed by atoms with Crippen LogP contribution in [-0.4, -0.2) is 239 Å². The lowest BCUT2D eigenvalue weighted by Gasteiger charge is -2.35. The maximum atomic E-state index is 6.84. The molecule has 3 saturated carbocycles. The number of hydrogen-bond acceptors (Lipinski definition) is 24. The number of benzene rings is 5. The van der Waals surface area contributed by atoms with Gasteiger partial charge in [-0.05, 0) is 417 Å². The summed E-state index contributed by atoms with van der Waals surface area (Å²) in [7, 11) is 5.20. The van der Waals surface area contributed by atoms with Crippen LogP contribution in [0.2, 0.25) is 5.02 Å². The van der Waals surface area contributed by atoms with E-state index in [0.717, 1.165) is 262 Å². The third-order valence-corrected chi connectivity index (χ3v) is 33.8. The van der Waals surface area contributed by atoms with E-state index in [1.54, 1.807) is 21.3 Å². The molecule has 13 aliphatic rings. The molecule has 808 valence electrons. The van der Waals surface area contributed by atoms with Gasteiger partial charge in [0, 0.05) is 190 Å². The number of likely N-dealkylation sites (tertiary alicyclic amines) is 5. The van der Waals surface area contributed by atoms with Crippen molar-refractivity contribution >= 4 is 101 Å². The van der Waals surface area contributed by atoms with Crippen LogP contribution < -0.4 is 69.8 Å². The predicted octanol–water partition coefficient (Wildman–Crippen LogP) is 26.3. The van der Waals surface area contributed by atoms with Crippen LogP contribution in [0.1, 0.15) is 333 Å². The number of aromatic nitrogens is 5. The molecule has 0 atom stereocenters. The van der Waals surface area contributed by atoms with Crippen molar-refractivity contribution in [3.63, 3.8) is 0 Å². The van der Waals surface area contributed by atoms with Gasteiger partial charge in [0.2, 0.25) is 0 Å². The molecule has 0 amide bonds. The molecule has 25 heteroatoms. The monoisotopic (exact) mass is 2050 g/mol. The van der Waals surface area contributed by atoms with Crippen molar-refractivity contribution in [2.24, 2.45) is 0 Å². The molecule has 5 aromatic carbocycles. The van der Waals surface area contributed by atoms with Crippen molar-refractivity contribution in [2.75, 3.05) is 198 Å². The second-order valence-corrected chi connectivity index (χ2v) is 47.0. The largest absolute Gasteiger partial charge is 0.493 e. The summed E-state index contributed by atoms with van der Waals surface area (Å²) in [5, 5.41) is 28.9. The van der Waals surface area contributed by atoms with E-state index in [9.17, 15) is 0 Å². The van der Waals surface area contributed by atoms with Gasteiger partial charge < -0.3 is 94.3 Å². The zero-order valence-corrected chi connectivity index (χ0v) is 93.7. The lowest BCUT2D eigenvalue weighted by atomic mass is 9.86. The van der Waals surface area contributed by atoms with Crippen molar-refractivity contribution in [1.29, 1.82) is 0 Å². The standard InChI is InChI=1S/C26H40N4O.C26H37N3O2.C25H35N3O2.C24H33N3O2.C23H32ClN3O/c1-17(2)27-25-19(5)23(31-15-9-14-30-12-6-7-13-30)16-22-24(25)20-10-8-11-21(20)26(29-22)28-18(3)4;1-30-23-17-21-22(18-24(23)31-16-8-15-29-13-6-7-14-29)28-25(19-9-2-3-10-19)20-11-4-5-12-27-26(20)21;1-25(2)10-9-18-23(17-7-8-17)26-20-16-22(21(29-3)15-19(20)24(18)27-25)30-14-6-13-28-11-4-5-12-28;1-28-21-15-19-20(16-22(21)29-14-6-13-27-11-4-5-12-27)26-23(17-8-9-17)18-7-2-3-10-25-24(18)19;1-15(2)25-23-18-9-6-8-17(18)21-19(26-23)14-20(16(3)22(21)24)28-13-7-12-27-10-4-5-11-27/h16-18,27H,6-15H2,1-5H3,(H,28,29);17-19,27H,2-16H2,1H3;15-17,27H,4-14H2,1-3H3;15-17,25H,2-14H2,1H3;14-15H,4-13H2,1-3H3,(H,25,26). The van der Waals surface area contributed by atoms with Crippen molar-refractivity contribution < 1.29 is 37.9 Å². The van der Waals surface area contributed by atoms with Crippen molar-refractivity contribution in [1.82, 2.24) is 49.4 Å². The molecule has 0 radical (unpaired) electrons. The molecule has 0 unspecified atom stereocenters. The van der Waals surface area contributed by atoms with Crippen LogP contribution in [0.4, 0.5) is 34.4 Å². The number of aryl methyl sites for hydroxylation is 2. The second kappa shape index (κ2) is 51.0. The molecule has 10 aromatic rings. The number of anilines is 6. The summed E-state index contributed by atoms with van der Waals surface area (Å²) in [5.74, 6) is 10.7. The first kappa shape index (κ1) is 108. The summed E-state index contributed by atoms with van der Waals surface area (Å²) in [6.45, 7) is 45.7. The number of hydrogen-bond donors (Lipinski definition) is 6. The molecule has 0 spiro atoms. The number of pyridine rings is 5. The topological polar surface area (TPSA) is 227 Å². The van der Waals surface area contributed by atoms with Gasteiger partial charge in [-0.2, -0.15) is 0 Å². The molecule has 5 aliphatic carbocycles. The van der Waals surface area contributed by atoms with Gasteiger partial charge in [-0.15, -0.1) is 0 Å². The van der Waals surface area contributed by atoms with E-state index >= 15 is 0 Å². The van der Waals surface area contributed by atoms with Crippen LogP contribution in [0.5, 0.6) is 46.0 Å². The zero-order valence-electron chi connectivity index (χ0n) is 92.9. The summed E-state index contributed by atoms with van der Waals surface area (Å²) in [5.41, 5.74) is 26.4. The molecule has 8 fully saturated rings. The highest BCUT2D eigenvalue weighted by Gasteiger charge is 2.38. The van der Waals surface area contributed by atoms with Gasteiger partial charge in [0.05, 0.1) is 92.7 Å². The van der Waals surface area contributed by atoms with Crippen LogP contribution in [-0.2, 0) is 44.9 Å². The highest BCUT2D eigenvalue weighted by Crippen LogP contribution is 2.53. The minimum atomic E-state index is 0.0973. The highest BCUT2D eigenvalue weighted by atomic mass is 35.5. The quantitative estimate of drug-likeness (QED) is 0.0199. The Kier molecular flexibility index (Phi) is 36.9. The van der Waals surface area contributed by atoms with Crippen LogP contribution in [0.25, 0.3) is 54.5 Å². The number of ether oxygens (including phenoxy) is 8. The molecule has 149 heavy (non-hydrogen) atoms. The fourth-order valence-electron chi connectivity index (χ4n) is 25.3. The summed E-state index contributed by atoms with van der Waals surface area (Å²) >= 11 is 6.84.